The van der Waals surface area contributed by atoms with Crippen molar-refractivity contribution in [3.63, 3.8) is 0 Å². The first-order valence-corrected chi connectivity index (χ1v) is 6.21. The third-order valence-corrected chi connectivity index (χ3v) is 2.50. The number of ether oxygens (including phenoxy) is 3. The van der Waals surface area contributed by atoms with E-state index in [0.29, 0.717) is 38.4 Å². The molecule has 0 saturated heterocycles. The number of carbonyl (C=O) groups is 1. The van der Waals surface area contributed by atoms with Crippen molar-refractivity contribution in [2.75, 3.05) is 33.5 Å². The van der Waals surface area contributed by atoms with Gasteiger partial charge in [-0.3, -0.25) is 0 Å². The number of carbonyl (C=O) groups excluding carboxylic acids is 1. The summed E-state index contributed by atoms with van der Waals surface area (Å²) < 4.78 is 15.2. The molecule has 0 N–H and O–H groups in total. The molecule has 0 bridgehead atoms. The van der Waals surface area contributed by atoms with Crippen molar-refractivity contribution in [2.24, 2.45) is 0 Å². The Morgan fingerprint density at radius 3 is 2.50 bits per heavy atom. The molecule has 0 unspecified atom stereocenters. The van der Waals surface area contributed by atoms with Crippen LogP contribution < -0.4 is 0 Å². The molecular weight excluding hydrogens is 252 g/mol. The van der Waals surface area contributed by atoms with Crippen molar-refractivity contribution in [1.82, 2.24) is 0 Å². The Hall–Kier alpha value is -1.04. The molecule has 4 nitrogen and oxygen atoms in total. The van der Waals surface area contributed by atoms with Crippen LogP contribution in [0.25, 0.3) is 0 Å². The van der Waals surface area contributed by atoms with Gasteiger partial charge in [-0.25, -0.2) is 4.79 Å². The van der Waals surface area contributed by atoms with E-state index < -0.39 is 0 Å². The number of hydrogen-bond donors (Lipinski definition) is 1. The maximum absolute atomic E-state index is 11.6. The summed E-state index contributed by atoms with van der Waals surface area (Å²) in [6, 6.07) is 6.90. The summed E-state index contributed by atoms with van der Waals surface area (Å²) in [5.74, 6) is -0.319. The van der Waals surface area contributed by atoms with Crippen molar-refractivity contribution in [2.45, 2.75) is 11.3 Å². The summed E-state index contributed by atoms with van der Waals surface area (Å²) in [6.07, 6.45) is 0.681. The van der Waals surface area contributed by atoms with Gasteiger partial charge in [0.05, 0.1) is 25.4 Å². The lowest BCUT2D eigenvalue weighted by molar-refractivity contribution is 0.0385. The smallest absolute Gasteiger partial charge is 0.338 e. The molecule has 0 aliphatic heterocycles. The Morgan fingerprint density at radius 2 is 1.83 bits per heavy atom. The van der Waals surface area contributed by atoms with E-state index >= 15 is 0 Å². The van der Waals surface area contributed by atoms with Gasteiger partial charge in [-0.1, -0.05) is 0 Å². The molecule has 5 heteroatoms. The van der Waals surface area contributed by atoms with Crippen LogP contribution in [0.4, 0.5) is 0 Å². The summed E-state index contributed by atoms with van der Waals surface area (Å²) >= 11 is 4.15. The SMILES string of the molecule is COCCOCCCOC(=O)c1ccc(S)cc1. The van der Waals surface area contributed by atoms with Gasteiger partial charge in [-0.15, -0.1) is 12.6 Å². The molecule has 1 aromatic rings. The Kier molecular flexibility index (Phi) is 7.48. The van der Waals surface area contributed by atoms with Gasteiger partial charge in [0.25, 0.3) is 0 Å². The third kappa shape index (κ3) is 6.05. The molecule has 0 saturated carbocycles. The Morgan fingerprint density at radius 1 is 1.11 bits per heavy atom. The molecule has 0 amide bonds. The predicted molar refractivity (Wildman–Crippen MR) is 71.3 cm³/mol. The summed E-state index contributed by atoms with van der Waals surface area (Å²) in [5, 5.41) is 0. The molecule has 0 aromatic heterocycles. The highest BCUT2D eigenvalue weighted by molar-refractivity contribution is 7.80. The van der Waals surface area contributed by atoms with Crippen molar-refractivity contribution in [1.29, 1.82) is 0 Å². The molecule has 1 rings (SSSR count). The molecule has 0 fully saturated rings. The van der Waals surface area contributed by atoms with Crippen molar-refractivity contribution >= 4 is 18.6 Å². The number of esters is 1. The highest BCUT2D eigenvalue weighted by Gasteiger charge is 2.05. The van der Waals surface area contributed by atoms with Crippen LogP contribution in [0.5, 0.6) is 0 Å². The fourth-order valence-electron chi connectivity index (χ4n) is 1.25. The van der Waals surface area contributed by atoms with Gasteiger partial charge < -0.3 is 14.2 Å². The summed E-state index contributed by atoms with van der Waals surface area (Å²) in [7, 11) is 1.63. The third-order valence-electron chi connectivity index (χ3n) is 2.20. The second kappa shape index (κ2) is 8.97. The zero-order chi connectivity index (χ0) is 13.2. The van der Waals surface area contributed by atoms with Crippen molar-refractivity contribution in [3.8, 4) is 0 Å². The first-order chi connectivity index (χ1) is 8.74. The number of hydrogen-bond acceptors (Lipinski definition) is 5. The number of benzene rings is 1. The average molecular weight is 270 g/mol. The standard InChI is InChI=1S/C13H18O4S/c1-15-9-10-16-7-2-8-17-13(14)11-3-5-12(18)6-4-11/h3-6,18H,2,7-10H2,1H3. The molecule has 0 aliphatic carbocycles. The second-order valence-electron chi connectivity index (χ2n) is 3.64. The van der Waals surface area contributed by atoms with Gasteiger partial charge in [-0.05, 0) is 24.3 Å². The van der Waals surface area contributed by atoms with Gasteiger partial charge in [-0.2, -0.15) is 0 Å². The molecule has 0 radical (unpaired) electrons. The molecular formula is C13H18O4S. The van der Waals surface area contributed by atoms with E-state index in [1.54, 1.807) is 31.4 Å². The number of methoxy groups -OCH3 is 1. The molecule has 0 atom stereocenters. The van der Waals surface area contributed by atoms with Crippen LogP contribution in [-0.4, -0.2) is 39.5 Å². The summed E-state index contributed by atoms with van der Waals surface area (Å²) in [4.78, 5) is 12.4. The minimum Gasteiger partial charge on any atom is -0.462 e. The lowest BCUT2D eigenvalue weighted by Gasteiger charge is -2.06. The topological polar surface area (TPSA) is 44.8 Å². The van der Waals surface area contributed by atoms with E-state index in [2.05, 4.69) is 12.6 Å². The minimum atomic E-state index is -0.319. The molecule has 100 valence electrons. The minimum absolute atomic E-state index is 0.319. The maximum Gasteiger partial charge on any atom is 0.338 e. The normalized spacial score (nSPS) is 10.3. The van der Waals surface area contributed by atoms with Crippen LogP contribution in [0.2, 0.25) is 0 Å². The van der Waals surface area contributed by atoms with E-state index in [1.165, 1.54) is 0 Å². The van der Waals surface area contributed by atoms with Gasteiger partial charge >= 0.3 is 5.97 Å². The molecule has 1 aromatic carbocycles. The van der Waals surface area contributed by atoms with E-state index in [0.717, 1.165) is 4.90 Å². The lowest BCUT2D eigenvalue weighted by Crippen LogP contribution is -2.09. The van der Waals surface area contributed by atoms with E-state index in [9.17, 15) is 4.79 Å². The molecule has 0 aliphatic rings. The van der Waals surface area contributed by atoms with Crippen molar-refractivity contribution in [3.05, 3.63) is 29.8 Å². The first kappa shape index (κ1) is 15.0. The first-order valence-electron chi connectivity index (χ1n) is 5.77. The Labute approximate surface area is 113 Å². The molecule has 0 spiro atoms. The zero-order valence-electron chi connectivity index (χ0n) is 10.4. The monoisotopic (exact) mass is 270 g/mol. The van der Waals surface area contributed by atoms with Gasteiger partial charge in [0.15, 0.2) is 0 Å². The van der Waals surface area contributed by atoms with Gasteiger partial charge in [0.1, 0.15) is 0 Å². The zero-order valence-corrected chi connectivity index (χ0v) is 11.3. The fourth-order valence-corrected chi connectivity index (χ4v) is 1.40. The average Bonchev–Trinajstić information content (AvgIpc) is 2.38. The predicted octanol–water partition coefficient (Wildman–Crippen LogP) is 2.19. The lowest BCUT2D eigenvalue weighted by atomic mass is 10.2. The fraction of sp³-hybridized carbons (Fsp3) is 0.462. The molecule has 18 heavy (non-hydrogen) atoms. The summed E-state index contributed by atoms with van der Waals surface area (Å²) in [5.41, 5.74) is 0.535. The van der Waals surface area contributed by atoms with E-state index in [4.69, 9.17) is 14.2 Å². The largest absolute Gasteiger partial charge is 0.462 e. The van der Waals surface area contributed by atoms with Crippen LogP contribution >= 0.6 is 12.6 Å². The quantitative estimate of drug-likeness (QED) is 0.447. The van der Waals surface area contributed by atoms with Crippen molar-refractivity contribution < 1.29 is 19.0 Å². The Bertz CT molecular complexity index is 351. The summed E-state index contributed by atoms with van der Waals surface area (Å²) in [6.45, 7) is 2.06. The van der Waals surface area contributed by atoms with Gasteiger partial charge in [0, 0.05) is 25.0 Å². The van der Waals surface area contributed by atoms with Crippen LogP contribution in [0, 0.1) is 0 Å². The van der Waals surface area contributed by atoms with Crippen LogP contribution in [0.15, 0.2) is 29.2 Å². The Balaban J connectivity index is 2.12. The number of rotatable bonds is 8. The molecule has 0 heterocycles. The second-order valence-corrected chi connectivity index (χ2v) is 4.16. The van der Waals surface area contributed by atoms with E-state index in [-0.39, 0.29) is 5.97 Å². The van der Waals surface area contributed by atoms with Crippen LogP contribution in [0.3, 0.4) is 0 Å². The number of thiol groups is 1. The van der Waals surface area contributed by atoms with Crippen LogP contribution in [-0.2, 0) is 14.2 Å². The highest BCUT2D eigenvalue weighted by atomic mass is 32.1. The highest BCUT2D eigenvalue weighted by Crippen LogP contribution is 2.08. The van der Waals surface area contributed by atoms with Crippen LogP contribution in [0.1, 0.15) is 16.8 Å². The maximum atomic E-state index is 11.6. The van der Waals surface area contributed by atoms with E-state index in [1.807, 2.05) is 0 Å². The van der Waals surface area contributed by atoms with Gasteiger partial charge in [0.2, 0.25) is 0 Å².